The molecule has 2 aromatic carbocycles. The van der Waals surface area contributed by atoms with E-state index < -0.39 is 7.25 Å². The van der Waals surface area contributed by atoms with Gasteiger partial charge in [0.25, 0.3) is 5.69 Å². The van der Waals surface area contributed by atoms with Crippen molar-refractivity contribution in [3.05, 3.63) is 72.3 Å². The summed E-state index contributed by atoms with van der Waals surface area (Å²) in [6.45, 7) is 2.17. The van der Waals surface area contributed by atoms with Crippen LogP contribution in [0.2, 0.25) is 0 Å². The maximum Gasteiger partial charge on any atom is 0.673 e. The van der Waals surface area contributed by atoms with Crippen molar-refractivity contribution in [2.24, 2.45) is 0 Å². The van der Waals surface area contributed by atoms with E-state index in [0.717, 1.165) is 22.7 Å². The van der Waals surface area contributed by atoms with Gasteiger partial charge in [-0.2, -0.15) is 0 Å². The normalized spacial score (nSPS) is 11.9. The summed E-state index contributed by atoms with van der Waals surface area (Å²) < 4.78 is 47.4. The van der Waals surface area contributed by atoms with Gasteiger partial charge in [-0.3, -0.25) is 0 Å². The Kier molecular flexibility index (Phi) is 4.02. The van der Waals surface area contributed by atoms with Crippen LogP contribution in [0.1, 0.15) is 5.56 Å². The molecule has 2 nitrogen and oxygen atoms in total. The lowest BCUT2D eigenvalue weighted by Crippen LogP contribution is -2.20. The van der Waals surface area contributed by atoms with Crippen molar-refractivity contribution in [3.8, 4) is 33.8 Å². The van der Waals surface area contributed by atoms with Crippen molar-refractivity contribution >= 4 is 13.0 Å². The van der Waals surface area contributed by atoms with Gasteiger partial charge in [0.15, 0.2) is 0 Å². The highest BCUT2D eigenvalue weighted by molar-refractivity contribution is 6.50. The van der Waals surface area contributed by atoms with Crippen LogP contribution in [0.3, 0.4) is 0 Å². The number of hydrogen-bond donors (Lipinski definition) is 0. The molecule has 0 aliphatic carbocycles. The van der Waals surface area contributed by atoms with Crippen molar-refractivity contribution < 1.29 is 26.1 Å². The number of pyridine rings is 1. The van der Waals surface area contributed by atoms with Gasteiger partial charge in [-0.25, -0.2) is 0 Å². The van der Waals surface area contributed by atoms with Crippen LogP contribution >= 0.6 is 0 Å². The van der Waals surface area contributed by atoms with Gasteiger partial charge >= 0.3 is 13.0 Å². The molecule has 2 aromatic heterocycles. The number of benzene rings is 2. The lowest BCUT2D eigenvalue weighted by molar-refractivity contribution is -0.485. The zero-order chi connectivity index (χ0) is 19.2. The fourth-order valence-corrected chi connectivity index (χ4v) is 3.48. The highest BCUT2D eigenvalue weighted by Crippen LogP contribution is 2.43. The first-order valence-corrected chi connectivity index (χ1v) is 8.35. The van der Waals surface area contributed by atoms with Crippen molar-refractivity contribution in [2.45, 2.75) is 6.92 Å². The minimum absolute atomic E-state index is 0.891. The summed E-state index contributed by atoms with van der Waals surface area (Å²) in [6, 6.07) is 23.1. The van der Waals surface area contributed by atoms with Crippen LogP contribution in [0, 0.1) is 6.92 Å². The molecule has 0 saturated carbocycles. The SMILES string of the molecule is Cc1cccc2c1-c1cccc3oc(-c4ccccc4)c-2[n+]13.F[B-](F)(F)F. The van der Waals surface area contributed by atoms with Gasteiger partial charge in [0.1, 0.15) is 0 Å². The third kappa shape index (κ3) is 3.09. The number of halogens is 4. The van der Waals surface area contributed by atoms with Crippen molar-refractivity contribution in [1.29, 1.82) is 0 Å². The summed E-state index contributed by atoms with van der Waals surface area (Å²) >= 11 is 0. The molecule has 0 bridgehead atoms. The predicted molar refractivity (Wildman–Crippen MR) is 96.7 cm³/mol. The maximum absolute atomic E-state index is 9.75. The summed E-state index contributed by atoms with van der Waals surface area (Å²) in [5.41, 5.74) is 8.25. The Bertz CT molecular complexity index is 1130. The fourth-order valence-electron chi connectivity index (χ4n) is 3.48. The van der Waals surface area contributed by atoms with E-state index in [1.54, 1.807) is 0 Å². The van der Waals surface area contributed by atoms with Gasteiger partial charge in [-0.05, 0) is 24.6 Å². The van der Waals surface area contributed by atoms with Crippen LogP contribution in [0.15, 0.2) is 71.1 Å². The molecule has 0 fully saturated rings. The number of nitrogens with zero attached hydrogens (tertiary/aromatic N) is 1. The molecule has 0 radical (unpaired) electrons. The van der Waals surface area contributed by atoms with E-state index in [9.17, 15) is 17.3 Å². The number of oxazole rings is 1. The molecule has 0 spiro atoms. The molecule has 0 amide bonds. The molecule has 0 saturated heterocycles. The van der Waals surface area contributed by atoms with Crippen LogP contribution in [-0.4, -0.2) is 7.25 Å². The lowest BCUT2D eigenvalue weighted by atomic mass is 9.98. The van der Waals surface area contributed by atoms with Crippen LogP contribution in [0.4, 0.5) is 17.3 Å². The second-order valence-corrected chi connectivity index (χ2v) is 6.22. The summed E-state index contributed by atoms with van der Waals surface area (Å²) in [7, 11) is -6.00. The van der Waals surface area contributed by atoms with Gasteiger partial charge in [0, 0.05) is 11.6 Å². The van der Waals surface area contributed by atoms with Crippen LogP contribution in [0.5, 0.6) is 0 Å². The number of rotatable bonds is 1. The van der Waals surface area contributed by atoms with Crippen molar-refractivity contribution in [3.63, 3.8) is 0 Å². The van der Waals surface area contributed by atoms with Gasteiger partial charge in [-0.15, -0.1) is 4.40 Å². The maximum atomic E-state index is 9.75. The van der Waals surface area contributed by atoms with Crippen molar-refractivity contribution in [1.82, 2.24) is 0 Å². The Labute approximate surface area is 152 Å². The van der Waals surface area contributed by atoms with E-state index >= 15 is 0 Å². The Morgan fingerprint density at radius 3 is 2.19 bits per heavy atom. The molecule has 5 rings (SSSR count). The number of aryl methyl sites for hydroxylation is 1. The van der Waals surface area contributed by atoms with E-state index in [0.29, 0.717) is 0 Å². The van der Waals surface area contributed by atoms with Crippen LogP contribution < -0.4 is 4.40 Å². The summed E-state index contributed by atoms with van der Waals surface area (Å²) in [4.78, 5) is 0. The molecule has 1 aliphatic heterocycles. The molecule has 0 unspecified atom stereocenters. The van der Waals surface area contributed by atoms with Crippen molar-refractivity contribution in [2.75, 3.05) is 0 Å². The third-order valence-corrected chi connectivity index (χ3v) is 4.42. The van der Waals surface area contributed by atoms with E-state index in [1.807, 2.05) is 24.3 Å². The summed E-state index contributed by atoms with van der Waals surface area (Å²) in [5.74, 6) is 0.942. The highest BCUT2D eigenvalue weighted by Gasteiger charge is 2.38. The zero-order valence-corrected chi connectivity index (χ0v) is 14.3. The summed E-state index contributed by atoms with van der Waals surface area (Å²) in [5, 5.41) is 0. The Morgan fingerprint density at radius 2 is 1.48 bits per heavy atom. The highest BCUT2D eigenvalue weighted by atomic mass is 19.5. The average molecular weight is 371 g/mol. The van der Waals surface area contributed by atoms with Gasteiger partial charge < -0.3 is 21.7 Å². The zero-order valence-electron chi connectivity index (χ0n) is 14.3. The lowest BCUT2D eigenvalue weighted by Gasteiger charge is -2.01. The molecule has 136 valence electrons. The van der Waals surface area contributed by atoms with E-state index in [-0.39, 0.29) is 0 Å². The second kappa shape index (κ2) is 6.26. The molecule has 27 heavy (non-hydrogen) atoms. The molecule has 4 aromatic rings. The fraction of sp³-hybridized carbons (Fsp3) is 0.0500. The van der Waals surface area contributed by atoms with Gasteiger partial charge in [-0.1, -0.05) is 42.5 Å². The second-order valence-electron chi connectivity index (χ2n) is 6.22. The third-order valence-electron chi connectivity index (χ3n) is 4.42. The Morgan fingerprint density at radius 1 is 0.815 bits per heavy atom. The number of hydrogen-bond acceptors (Lipinski definition) is 1. The first-order chi connectivity index (χ1) is 12.8. The Balaban J connectivity index is 0.000000323. The average Bonchev–Trinajstić information content (AvgIpc) is 3.16. The smallest absolute Gasteiger partial charge is 0.418 e. The van der Waals surface area contributed by atoms with Gasteiger partial charge in [0.2, 0.25) is 11.5 Å². The van der Waals surface area contributed by atoms with E-state index in [4.69, 9.17) is 4.42 Å². The molecule has 0 N–H and O–H groups in total. The van der Waals surface area contributed by atoms with E-state index in [1.165, 1.54) is 22.4 Å². The first-order valence-electron chi connectivity index (χ1n) is 8.35. The number of aromatic nitrogens is 1. The summed E-state index contributed by atoms with van der Waals surface area (Å²) in [6.07, 6.45) is 0. The largest absolute Gasteiger partial charge is 0.673 e. The molecular formula is C20H14BF4NO. The van der Waals surface area contributed by atoms with Crippen LogP contribution in [0.25, 0.3) is 39.6 Å². The first kappa shape index (κ1) is 17.3. The topological polar surface area (TPSA) is 17.2 Å². The van der Waals surface area contributed by atoms with Gasteiger partial charge in [0.05, 0.1) is 17.2 Å². The van der Waals surface area contributed by atoms with Crippen LogP contribution in [-0.2, 0) is 0 Å². The molecule has 7 heteroatoms. The number of fused-ring (bicyclic) bond motifs is 3. The minimum atomic E-state index is -6.00. The van der Waals surface area contributed by atoms with E-state index in [2.05, 4.69) is 53.8 Å². The minimum Gasteiger partial charge on any atom is -0.418 e. The Hall–Kier alpha value is -3.09. The monoisotopic (exact) mass is 371 g/mol. The molecular weight excluding hydrogens is 357 g/mol. The molecule has 0 atom stereocenters. The quantitative estimate of drug-likeness (QED) is 0.202. The standard InChI is InChI=1S/C20H14NO.BF4/c1-13-7-5-10-15-18(13)16-11-6-12-17-21(16)19(15)20(22-17)14-8-3-2-4-9-14;2-1(3,4)5/h2-12H,1H3;/q+1;-1. The predicted octanol–water partition coefficient (Wildman–Crippen LogP) is 5.94. The molecule has 1 aliphatic rings. The molecule has 3 heterocycles.